The second kappa shape index (κ2) is 5.59. The molecule has 1 aromatic carbocycles. The molecule has 0 aliphatic heterocycles. The van der Waals surface area contributed by atoms with E-state index in [4.69, 9.17) is 16.0 Å². The number of aromatic nitrogens is 1. The average Bonchev–Trinajstić information content (AvgIpc) is 2.63. The van der Waals surface area contributed by atoms with E-state index in [1.54, 1.807) is 7.05 Å². The summed E-state index contributed by atoms with van der Waals surface area (Å²) in [6, 6.07) is 5.83. The van der Waals surface area contributed by atoms with Gasteiger partial charge in [-0.05, 0) is 37.7 Å². The lowest BCUT2D eigenvalue weighted by Crippen LogP contribution is -2.19. The van der Waals surface area contributed by atoms with Gasteiger partial charge >= 0.3 is 5.76 Å². The summed E-state index contributed by atoms with van der Waals surface area (Å²) in [7, 11) is 3.78. The van der Waals surface area contributed by atoms with Crippen molar-refractivity contribution in [3.05, 3.63) is 34.3 Å². The number of nitrogens with zero attached hydrogens (tertiary/aromatic N) is 2. The van der Waals surface area contributed by atoms with Crippen molar-refractivity contribution in [2.24, 2.45) is 7.05 Å². The highest BCUT2D eigenvalue weighted by molar-refractivity contribution is 6.17. The molecule has 4 nitrogen and oxygen atoms in total. The number of hydrogen-bond donors (Lipinski definition) is 0. The van der Waals surface area contributed by atoms with E-state index in [1.807, 2.05) is 18.2 Å². The minimum atomic E-state index is -0.322. The SMILES string of the molecule is CN(CCCCl)Cc1ccc2oc(=O)n(C)c2c1. The van der Waals surface area contributed by atoms with Crippen molar-refractivity contribution >= 4 is 22.7 Å². The molecule has 0 saturated heterocycles. The Bertz CT molecular complexity index is 588. The first kappa shape index (κ1) is 13.2. The fourth-order valence-electron chi connectivity index (χ4n) is 1.99. The molecular weight excluding hydrogens is 252 g/mol. The van der Waals surface area contributed by atoms with E-state index >= 15 is 0 Å². The Hall–Kier alpha value is -1.26. The average molecular weight is 269 g/mol. The zero-order valence-electron chi connectivity index (χ0n) is 10.6. The summed E-state index contributed by atoms with van der Waals surface area (Å²) in [5.74, 6) is 0.359. The molecule has 0 radical (unpaired) electrons. The fourth-order valence-corrected chi connectivity index (χ4v) is 2.11. The van der Waals surface area contributed by atoms with E-state index in [0.717, 1.165) is 30.6 Å². The second-order valence-electron chi connectivity index (χ2n) is 4.51. The van der Waals surface area contributed by atoms with Crippen LogP contribution < -0.4 is 5.76 Å². The largest absolute Gasteiger partial charge is 0.419 e. The van der Waals surface area contributed by atoms with Gasteiger partial charge in [0.05, 0.1) is 5.52 Å². The van der Waals surface area contributed by atoms with Crippen molar-refractivity contribution in [3.8, 4) is 0 Å². The highest BCUT2D eigenvalue weighted by Gasteiger charge is 2.07. The van der Waals surface area contributed by atoms with Crippen LogP contribution in [0.3, 0.4) is 0 Å². The maximum Gasteiger partial charge on any atom is 0.419 e. The molecule has 98 valence electrons. The van der Waals surface area contributed by atoms with Crippen LogP contribution in [0.1, 0.15) is 12.0 Å². The number of oxazole rings is 1. The molecule has 0 fully saturated rings. The van der Waals surface area contributed by atoms with Gasteiger partial charge < -0.3 is 9.32 Å². The maximum atomic E-state index is 11.4. The number of rotatable bonds is 5. The van der Waals surface area contributed by atoms with Crippen LogP contribution >= 0.6 is 11.6 Å². The van der Waals surface area contributed by atoms with E-state index in [0.29, 0.717) is 11.5 Å². The monoisotopic (exact) mass is 268 g/mol. The highest BCUT2D eigenvalue weighted by atomic mass is 35.5. The fraction of sp³-hybridized carbons (Fsp3) is 0.462. The van der Waals surface area contributed by atoms with Gasteiger partial charge in [0.15, 0.2) is 5.58 Å². The second-order valence-corrected chi connectivity index (χ2v) is 4.89. The van der Waals surface area contributed by atoms with Crippen LogP contribution in [-0.4, -0.2) is 28.9 Å². The van der Waals surface area contributed by atoms with E-state index < -0.39 is 0 Å². The van der Waals surface area contributed by atoms with Gasteiger partial charge in [-0.1, -0.05) is 6.07 Å². The molecule has 0 unspecified atom stereocenters. The van der Waals surface area contributed by atoms with Gasteiger partial charge in [-0.25, -0.2) is 4.79 Å². The molecule has 0 atom stereocenters. The van der Waals surface area contributed by atoms with Crippen molar-refractivity contribution in [1.29, 1.82) is 0 Å². The standard InChI is InChI=1S/C13H17ClN2O2/c1-15(7-3-6-14)9-10-4-5-12-11(8-10)16(2)13(17)18-12/h4-5,8H,3,6-7,9H2,1-2H3. The summed E-state index contributed by atoms with van der Waals surface area (Å²) in [6.07, 6.45) is 0.977. The third-order valence-electron chi connectivity index (χ3n) is 2.98. The summed E-state index contributed by atoms with van der Waals surface area (Å²) in [6.45, 7) is 1.80. The Balaban J connectivity index is 2.19. The van der Waals surface area contributed by atoms with Gasteiger partial charge in [0, 0.05) is 19.5 Å². The van der Waals surface area contributed by atoms with Crippen LogP contribution in [0.5, 0.6) is 0 Å². The first-order chi connectivity index (χ1) is 8.61. The third kappa shape index (κ3) is 2.76. The first-order valence-electron chi connectivity index (χ1n) is 5.95. The summed E-state index contributed by atoms with van der Waals surface area (Å²) >= 11 is 5.67. The number of aryl methyl sites for hydroxylation is 1. The molecule has 0 aliphatic carbocycles. The summed E-state index contributed by atoms with van der Waals surface area (Å²) in [5, 5.41) is 0. The minimum absolute atomic E-state index is 0.322. The summed E-state index contributed by atoms with van der Waals surface area (Å²) in [4.78, 5) is 13.6. The van der Waals surface area contributed by atoms with E-state index in [9.17, 15) is 4.79 Å². The van der Waals surface area contributed by atoms with Gasteiger partial charge in [-0.3, -0.25) is 4.57 Å². The first-order valence-corrected chi connectivity index (χ1v) is 6.48. The summed E-state index contributed by atoms with van der Waals surface area (Å²) in [5.41, 5.74) is 2.63. The number of halogens is 1. The van der Waals surface area contributed by atoms with Crippen molar-refractivity contribution in [1.82, 2.24) is 9.47 Å². The molecular formula is C13H17ClN2O2. The molecule has 5 heteroatoms. The van der Waals surface area contributed by atoms with Crippen LogP contribution in [-0.2, 0) is 13.6 Å². The van der Waals surface area contributed by atoms with Crippen LogP contribution in [0.15, 0.2) is 27.4 Å². The summed E-state index contributed by atoms with van der Waals surface area (Å²) < 4.78 is 6.63. The Kier molecular flexibility index (Phi) is 4.09. The molecule has 1 aromatic heterocycles. The van der Waals surface area contributed by atoms with Gasteiger partial charge in [0.2, 0.25) is 0 Å². The number of fused-ring (bicyclic) bond motifs is 1. The van der Waals surface area contributed by atoms with Gasteiger partial charge in [-0.2, -0.15) is 0 Å². The zero-order chi connectivity index (χ0) is 13.1. The van der Waals surface area contributed by atoms with E-state index in [-0.39, 0.29) is 5.76 Å². The molecule has 0 amide bonds. The quantitative estimate of drug-likeness (QED) is 0.781. The van der Waals surface area contributed by atoms with Gasteiger partial charge in [0.25, 0.3) is 0 Å². The molecule has 0 N–H and O–H groups in total. The molecule has 0 spiro atoms. The number of benzene rings is 1. The van der Waals surface area contributed by atoms with Crippen LogP contribution in [0.2, 0.25) is 0 Å². The van der Waals surface area contributed by atoms with Crippen LogP contribution in [0, 0.1) is 0 Å². The van der Waals surface area contributed by atoms with Crippen molar-refractivity contribution in [3.63, 3.8) is 0 Å². The molecule has 1 heterocycles. The van der Waals surface area contributed by atoms with Gasteiger partial charge in [-0.15, -0.1) is 11.6 Å². The van der Waals surface area contributed by atoms with Gasteiger partial charge in [0.1, 0.15) is 0 Å². The molecule has 2 aromatic rings. The Morgan fingerprint density at radius 1 is 1.44 bits per heavy atom. The predicted octanol–water partition coefficient (Wildman–Crippen LogP) is 2.19. The zero-order valence-corrected chi connectivity index (χ0v) is 11.4. The lowest BCUT2D eigenvalue weighted by molar-refractivity contribution is 0.328. The van der Waals surface area contributed by atoms with E-state index in [2.05, 4.69) is 11.9 Å². The Morgan fingerprint density at radius 3 is 2.94 bits per heavy atom. The topological polar surface area (TPSA) is 38.4 Å². The lowest BCUT2D eigenvalue weighted by Gasteiger charge is -2.15. The van der Waals surface area contributed by atoms with Crippen molar-refractivity contribution < 1.29 is 4.42 Å². The molecule has 2 rings (SSSR count). The Labute approximate surface area is 111 Å². The maximum absolute atomic E-state index is 11.4. The van der Waals surface area contributed by atoms with Crippen molar-refractivity contribution in [2.45, 2.75) is 13.0 Å². The van der Waals surface area contributed by atoms with E-state index in [1.165, 1.54) is 4.57 Å². The number of alkyl halides is 1. The third-order valence-corrected chi connectivity index (χ3v) is 3.25. The predicted molar refractivity (Wildman–Crippen MR) is 73.1 cm³/mol. The molecule has 0 saturated carbocycles. The molecule has 0 aliphatic rings. The van der Waals surface area contributed by atoms with Crippen LogP contribution in [0.4, 0.5) is 0 Å². The van der Waals surface area contributed by atoms with Crippen LogP contribution in [0.25, 0.3) is 11.1 Å². The minimum Gasteiger partial charge on any atom is -0.408 e. The lowest BCUT2D eigenvalue weighted by atomic mass is 10.2. The smallest absolute Gasteiger partial charge is 0.408 e. The molecule has 18 heavy (non-hydrogen) atoms. The number of hydrogen-bond acceptors (Lipinski definition) is 3. The molecule has 0 bridgehead atoms. The normalized spacial score (nSPS) is 11.6. The van der Waals surface area contributed by atoms with Crippen molar-refractivity contribution in [2.75, 3.05) is 19.5 Å². The Morgan fingerprint density at radius 2 is 2.22 bits per heavy atom. The highest BCUT2D eigenvalue weighted by Crippen LogP contribution is 2.15.